The molecular formula is C25H21N7O2S. The van der Waals surface area contributed by atoms with E-state index in [1.165, 1.54) is 4.90 Å². The topological polar surface area (TPSA) is 109 Å². The molecule has 0 spiro atoms. The fourth-order valence-corrected chi connectivity index (χ4v) is 4.24. The predicted octanol–water partition coefficient (Wildman–Crippen LogP) is 2.74. The molecule has 1 saturated heterocycles. The second-order valence-corrected chi connectivity index (χ2v) is 8.43. The van der Waals surface area contributed by atoms with Crippen molar-refractivity contribution in [2.75, 3.05) is 6.54 Å². The highest BCUT2D eigenvalue weighted by atomic mass is 32.1. The Hall–Kier alpha value is -4.44. The molecule has 174 valence electrons. The van der Waals surface area contributed by atoms with Crippen molar-refractivity contribution >= 4 is 35.2 Å². The van der Waals surface area contributed by atoms with Crippen molar-refractivity contribution in [2.24, 2.45) is 7.05 Å². The third kappa shape index (κ3) is 4.51. The van der Waals surface area contributed by atoms with Gasteiger partial charge in [-0.25, -0.2) is 5.10 Å². The number of hydrogen-bond donors (Lipinski definition) is 2. The summed E-state index contributed by atoms with van der Waals surface area (Å²) in [5, 5.41) is 16.6. The normalized spacial score (nSPS) is 15.1. The van der Waals surface area contributed by atoms with E-state index < -0.39 is 11.8 Å². The lowest BCUT2D eigenvalue weighted by Gasteiger charge is -2.29. The molecule has 1 aliphatic heterocycles. The quantitative estimate of drug-likeness (QED) is 0.248. The van der Waals surface area contributed by atoms with Crippen molar-refractivity contribution in [3.05, 3.63) is 83.6 Å². The lowest BCUT2D eigenvalue weighted by atomic mass is 10.1. The number of tetrazole rings is 1. The zero-order valence-corrected chi connectivity index (χ0v) is 19.6. The Morgan fingerprint density at radius 2 is 1.71 bits per heavy atom. The van der Waals surface area contributed by atoms with Crippen LogP contribution < -0.4 is 5.32 Å². The molecule has 4 aromatic rings. The molecule has 9 nitrogen and oxygen atoms in total. The Morgan fingerprint density at radius 3 is 2.43 bits per heavy atom. The second kappa shape index (κ2) is 9.43. The van der Waals surface area contributed by atoms with Crippen LogP contribution in [0.25, 0.3) is 28.7 Å². The third-order valence-corrected chi connectivity index (χ3v) is 6.23. The number of nitrogens with one attached hydrogen (secondary N) is 2. The molecule has 2 N–H and O–H groups in total. The SMILES string of the molecule is Cn1c(/C=C2/C(=O)NC(=S)N(CCc3ccccc3)C2=O)ccc1-c1ccc(-c2nnn[nH]2)cc1. The Kier molecular flexibility index (Phi) is 6.02. The van der Waals surface area contributed by atoms with Gasteiger partial charge in [-0.05, 0) is 58.4 Å². The van der Waals surface area contributed by atoms with Crippen LogP contribution in [0, 0.1) is 0 Å². The van der Waals surface area contributed by atoms with Gasteiger partial charge in [0, 0.05) is 30.5 Å². The van der Waals surface area contributed by atoms with Gasteiger partial charge in [0.25, 0.3) is 11.8 Å². The minimum atomic E-state index is -0.497. The molecular weight excluding hydrogens is 462 g/mol. The van der Waals surface area contributed by atoms with E-state index in [1.54, 1.807) is 6.08 Å². The molecule has 2 aromatic carbocycles. The molecule has 3 heterocycles. The fraction of sp³-hybridized carbons (Fsp3) is 0.120. The molecule has 2 aromatic heterocycles. The van der Waals surface area contributed by atoms with E-state index in [1.807, 2.05) is 78.3 Å². The number of amides is 2. The largest absolute Gasteiger partial charge is 0.344 e. The van der Waals surface area contributed by atoms with Gasteiger partial charge in [-0.3, -0.25) is 19.8 Å². The van der Waals surface area contributed by atoms with Crippen LogP contribution in [0.4, 0.5) is 0 Å². The number of nitrogens with zero attached hydrogens (tertiary/aromatic N) is 5. The van der Waals surface area contributed by atoms with Crippen LogP contribution in [-0.2, 0) is 23.1 Å². The molecule has 0 aliphatic carbocycles. The summed E-state index contributed by atoms with van der Waals surface area (Å²) in [6.07, 6.45) is 2.23. The monoisotopic (exact) mass is 483 g/mol. The number of benzene rings is 2. The fourth-order valence-electron chi connectivity index (χ4n) is 3.97. The van der Waals surface area contributed by atoms with Crippen LogP contribution >= 0.6 is 12.2 Å². The molecule has 0 saturated carbocycles. The summed E-state index contributed by atoms with van der Waals surface area (Å²) in [5.74, 6) is -0.309. The number of aromatic amines is 1. The van der Waals surface area contributed by atoms with Crippen molar-refractivity contribution < 1.29 is 9.59 Å². The van der Waals surface area contributed by atoms with Crippen LogP contribution in [0.3, 0.4) is 0 Å². The van der Waals surface area contributed by atoms with Gasteiger partial charge in [-0.2, -0.15) is 0 Å². The molecule has 0 atom stereocenters. The predicted molar refractivity (Wildman–Crippen MR) is 135 cm³/mol. The standard InChI is InChI=1S/C25H21N7O2S/c1-31-19(11-12-21(31)17-7-9-18(10-8-17)22-27-29-30-28-22)15-20-23(33)26-25(35)32(24(20)34)14-13-16-5-3-2-4-6-16/h2-12,15H,13-14H2,1H3,(H,26,33,35)(H,27,28,29,30)/b20-15-. The minimum absolute atomic E-state index is 0.0487. The van der Waals surface area contributed by atoms with Crippen LogP contribution in [0.1, 0.15) is 11.3 Å². The smallest absolute Gasteiger partial charge is 0.265 e. The molecule has 0 unspecified atom stereocenters. The van der Waals surface area contributed by atoms with Crippen LogP contribution in [0.15, 0.2) is 72.3 Å². The number of aromatic nitrogens is 5. The summed E-state index contributed by atoms with van der Waals surface area (Å²) >= 11 is 5.27. The van der Waals surface area contributed by atoms with E-state index in [-0.39, 0.29) is 10.7 Å². The van der Waals surface area contributed by atoms with Crippen molar-refractivity contribution in [1.82, 2.24) is 35.4 Å². The first-order valence-corrected chi connectivity index (χ1v) is 11.3. The van der Waals surface area contributed by atoms with Crippen molar-refractivity contribution in [1.29, 1.82) is 0 Å². The second-order valence-electron chi connectivity index (χ2n) is 8.04. The maximum Gasteiger partial charge on any atom is 0.265 e. The molecule has 10 heteroatoms. The van der Waals surface area contributed by atoms with Gasteiger partial charge in [0.15, 0.2) is 10.9 Å². The lowest BCUT2D eigenvalue weighted by molar-refractivity contribution is -0.128. The van der Waals surface area contributed by atoms with Gasteiger partial charge >= 0.3 is 0 Å². The average molecular weight is 484 g/mol. The summed E-state index contributed by atoms with van der Waals surface area (Å²) in [6.45, 7) is 0.380. The lowest BCUT2D eigenvalue weighted by Crippen LogP contribution is -2.54. The summed E-state index contributed by atoms with van der Waals surface area (Å²) < 4.78 is 1.93. The third-order valence-electron chi connectivity index (χ3n) is 5.90. The van der Waals surface area contributed by atoms with E-state index in [4.69, 9.17) is 12.2 Å². The number of hydrogen-bond acceptors (Lipinski definition) is 6. The maximum absolute atomic E-state index is 13.2. The molecule has 2 amide bonds. The maximum atomic E-state index is 13.2. The van der Waals surface area contributed by atoms with Gasteiger partial charge in [-0.15, -0.1) is 5.10 Å². The summed E-state index contributed by atoms with van der Waals surface area (Å²) in [4.78, 5) is 27.3. The van der Waals surface area contributed by atoms with Gasteiger partial charge < -0.3 is 4.57 Å². The number of carbonyl (C=O) groups is 2. The van der Waals surface area contributed by atoms with E-state index >= 15 is 0 Å². The summed E-state index contributed by atoms with van der Waals surface area (Å²) in [5.41, 5.74) is 4.62. The Balaban J connectivity index is 1.38. The highest BCUT2D eigenvalue weighted by molar-refractivity contribution is 7.80. The van der Waals surface area contributed by atoms with Crippen molar-refractivity contribution in [3.8, 4) is 22.6 Å². The zero-order chi connectivity index (χ0) is 24.4. The average Bonchev–Trinajstić information content (AvgIpc) is 3.53. The van der Waals surface area contributed by atoms with E-state index in [9.17, 15) is 9.59 Å². The number of H-pyrrole nitrogens is 1. The van der Waals surface area contributed by atoms with Gasteiger partial charge in [-0.1, -0.05) is 54.6 Å². The van der Waals surface area contributed by atoms with Gasteiger partial charge in [0.05, 0.1) is 0 Å². The summed E-state index contributed by atoms with van der Waals surface area (Å²) in [7, 11) is 1.89. The molecule has 0 bridgehead atoms. The van der Waals surface area contributed by atoms with Crippen LogP contribution in [-0.4, -0.2) is 53.6 Å². The van der Waals surface area contributed by atoms with E-state index in [2.05, 4.69) is 25.9 Å². The number of carbonyl (C=O) groups excluding carboxylic acids is 2. The van der Waals surface area contributed by atoms with Gasteiger partial charge in [0.1, 0.15) is 5.57 Å². The van der Waals surface area contributed by atoms with Crippen molar-refractivity contribution in [3.63, 3.8) is 0 Å². The van der Waals surface area contributed by atoms with Crippen molar-refractivity contribution in [2.45, 2.75) is 6.42 Å². The molecule has 0 radical (unpaired) electrons. The zero-order valence-electron chi connectivity index (χ0n) is 18.8. The molecule has 35 heavy (non-hydrogen) atoms. The highest BCUT2D eigenvalue weighted by Gasteiger charge is 2.33. The van der Waals surface area contributed by atoms with Crippen LogP contribution in [0.5, 0.6) is 0 Å². The first-order chi connectivity index (χ1) is 17.0. The van der Waals surface area contributed by atoms with Gasteiger partial charge in [0.2, 0.25) is 0 Å². The Morgan fingerprint density at radius 1 is 0.971 bits per heavy atom. The molecule has 1 fully saturated rings. The summed E-state index contributed by atoms with van der Waals surface area (Å²) in [6, 6.07) is 21.4. The number of rotatable bonds is 6. The highest BCUT2D eigenvalue weighted by Crippen LogP contribution is 2.26. The van der Waals surface area contributed by atoms with E-state index in [0.29, 0.717) is 18.8 Å². The number of thiocarbonyl (C=S) groups is 1. The Labute approximate surface area is 206 Å². The first kappa shape index (κ1) is 22.4. The molecule has 1 aliphatic rings. The van der Waals surface area contributed by atoms with E-state index in [0.717, 1.165) is 28.1 Å². The molecule has 5 rings (SSSR count). The first-order valence-electron chi connectivity index (χ1n) is 10.9. The minimum Gasteiger partial charge on any atom is -0.344 e. The van der Waals surface area contributed by atoms with Crippen LogP contribution in [0.2, 0.25) is 0 Å². The Bertz CT molecular complexity index is 1420.